The van der Waals surface area contributed by atoms with Crippen molar-refractivity contribution >= 4 is 20.0 Å². The van der Waals surface area contributed by atoms with Crippen LogP contribution in [0.2, 0.25) is 0 Å². The van der Waals surface area contributed by atoms with Gasteiger partial charge < -0.3 is 4.74 Å². The molecule has 130 valence electrons. The summed E-state index contributed by atoms with van der Waals surface area (Å²) in [5.41, 5.74) is 0. The molecule has 1 aromatic carbocycles. The number of sulfonamides is 2. The molecule has 0 radical (unpaired) electrons. The van der Waals surface area contributed by atoms with E-state index in [9.17, 15) is 16.8 Å². The number of hydrogen-bond donors (Lipinski definition) is 1. The second kappa shape index (κ2) is 7.16. The monoisotopic (exact) mass is 362 g/mol. The van der Waals surface area contributed by atoms with E-state index >= 15 is 0 Å². The third-order valence-electron chi connectivity index (χ3n) is 3.81. The number of methoxy groups -OCH3 is 1. The number of ether oxygens (including phenoxy) is 1. The van der Waals surface area contributed by atoms with Crippen LogP contribution in [-0.2, 0) is 20.0 Å². The van der Waals surface area contributed by atoms with Crippen molar-refractivity contribution in [3.05, 3.63) is 24.3 Å². The van der Waals surface area contributed by atoms with Crippen molar-refractivity contribution in [2.24, 2.45) is 5.92 Å². The molecule has 0 spiro atoms. The Bertz CT molecular complexity index is 729. The topological polar surface area (TPSA) is 92.8 Å². The molecule has 1 aromatic rings. The molecule has 0 bridgehead atoms. The second-order valence-corrected chi connectivity index (χ2v) is 9.44. The first kappa shape index (κ1) is 18.2. The molecule has 2 rings (SSSR count). The highest BCUT2D eigenvalue weighted by atomic mass is 32.2. The molecular formula is C14H22N2O5S2. The Morgan fingerprint density at radius 1 is 1.22 bits per heavy atom. The van der Waals surface area contributed by atoms with Gasteiger partial charge in [-0.25, -0.2) is 21.6 Å². The summed E-state index contributed by atoms with van der Waals surface area (Å²) in [6.45, 7) is 1.02. The van der Waals surface area contributed by atoms with Gasteiger partial charge in [-0.2, -0.15) is 4.31 Å². The molecule has 1 N–H and O–H groups in total. The van der Waals surface area contributed by atoms with Crippen LogP contribution >= 0.6 is 0 Å². The number of benzene rings is 1. The zero-order chi connectivity index (χ0) is 17.1. The molecule has 1 atom stereocenters. The molecule has 1 aliphatic rings. The molecular weight excluding hydrogens is 340 g/mol. The molecule has 0 saturated carbocycles. The van der Waals surface area contributed by atoms with E-state index in [1.54, 1.807) is 12.1 Å². The number of nitrogens with one attached hydrogen (secondary N) is 1. The molecule has 0 aliphatic carbocycles. The highest BCUT2D eigenvalue weighted by Gasteiger charge is 2.30. The Labute approximate surface area is 137 Å². The van der Waals surface area contributed by atoms with Gasteiger partial charge in [-0.05, 0) is 43.0 Å². The molecule has 23 heavy (non-hydrogen) atoms. The average molecular weight is 362 g/mol. The fourth-order valence-electron chi connectivity index (χ4n) is 2.58. The molecule has 0 unspecified atom stereocenters. The zero-order valence-electron chi connectivity index (χ0n) is 13.2. The average Bonchev–Trinajstić information content (AvgIpc) is 2.52. The fraction of sp³-hybridized carbons (Fsp3) is 0.571. The van der Waals surface area contributed by atoms with Crippen molar-refractivity contribution in [2.75, 3.05) is 33.0 Å². The maximum Gasteiger partial charge on any atom is 0.243 e. The number of piperidine rings is 1. The van der Waals surface area contributed by atoms with Crippen molar-refractivity contribution in [3.8, 4) is 5.75 Å². The van der Waals surface area contributed by atoms with Crippen LogP contribution in [0.25, 0.3) is 0 Å². The van der Waals surface area contributed by atoms with Gasteiger partial charge in [-0.3, -0.25) is 0 Å². The Balaban J connectivity index is 2.09. The molecule has 0 aromatic heterocycles. The van der Waals surface area contributed by atoms with Gasteiger partial charge in [-0.1, -0.05) is 0 Å². The Hall–Kier alpha value is -1.16. The molecule has 1 fully saturated rings. The molecule has 0 amide bonds. The lowest BCUT2D eigenvalue weighted by atomic mass is 10.0. The third-order valence-corrected chi connectivity index (χ3v) is 6.38. The van der Waals surface area contributed by atoms with Gasteiger partial charge in [0, 0.05) is 19.6 Å². The predicted octanol–water partition coefficient (Wildman–Crippen LogP) is 0.645. The summed E-state index contributed by atoms with van der Waals surface area (Å²) < 4.78 is 56.6. The van der Waals surface area contributed by atoms with Crippen molar-refractivity contribution < 1.29 is 21.6 Å². The van der Waals surface area contributed by atoms with E-state index in [1.807, 2.05) is 0 Å². The van der Waals surface area contributed by atoms with Crippen molar-refractivity contribution in [1.29, 1.82) is 0 Å². The smallest absolute Gasteiger partial charge is 0.243 e. The lowest BCUT2D eigenvalue weighted by Gasteiger charge is -2.31. The maximum atomic E-state index is 12.7. The van der Waals surface area contributed by atoms with Crippen LogP contribution in [0.1, 0.15) is 12.8 Å². The van der Waals surface area contributed by atoms with Gasteiger partial charge in [0.1, 0.15) is 5.75 Å². The Morgan fingerprint density at radius 3 is 2.43 bits per heavy atom. The van der Waals surface area contributed by atoms with E-state index < -0.39 is 20.0 Å². The molecule has 1 saturated heterocycles. The van der Waals surface area contributed by atoms with E-state index in [2.05, 4.69) is 4.72 Å². The molecule has 1 heterocycles. The minimum atomic E-state index is -3.57. The summed E-state index contributed by atoms with van der Waals surface area (Å²) in [5.74, 6) is 0.573. The van der Waals surface area contributed by atoms with Crippen LogP contribution in [0.15, 0.2) is 29.2 Å². The zero-order valence-corrected chi connectivity index (χ0v) is 14.9. The summed E-state index contributed by atoms with van der Waals surface area (Å²) in [6, 6.07) is 6.26. The van der Waals surface area contributed by atoms with Gasteiger partial charge in [0.15, 0.2) is 0 Å². The van der Waals surface area contributed by atoms with Gasteiger partial charge in [-0.15, -0.1) is 0 Å². The quantitative estimate of drug-likeness (QED) is 0.802. The normalized spacial score (nSPS) is 20.3. The fourth-order valence-corrected chi connectivity index (χ4v) is 4.67. The first-order valence-electron chi connectivity index (χ1n) is 7.31. The predicted molar refractivity (Wildman–Crippen MR) is 87.3 cm³/mol. The van der Waals surface area contributed by atoms with Gasteiger partial charge in [0.25, 0.3) is 0 Å². The minimum Gasteiger partial charge on any atom is -0.497 e. The van der Waals surface area contributed by atoms with Gasteiger partial charge in [0.05, 0.1) is 18.3 Å². The first-order chi connectivity index (χ1) is 10.7. The van der Waals surface area contributed by atoms with Crippen LogP contribution in [0.5, 0.6) is 5.75 Å². The highest BCUT2D eigenvalue weighted by Crippen LogP contribution is 2.24. The van der Waals surface area contributed by atoms with Crippen molar-refractivity contribution in [3.63, 3.8) is 0 Å². The van der Waals surface area contributed by atoms with Crippen LogP contribution < -0.4 is 9.46 Å². The lowest BCUT2D eigenvalue weighted by Crippen LogP contribution is -2.43. The van der Waals surface area contributed by atoms with Crippen LogP contribution in [-0.4, -0.2) is 54.1 Å². The summed E-state index contributed by atoms with van der Waals surface area (Å²) in [4.78, 5) is 0.218. The van der Waals surface area contributed by atoms with Crippen molar-refractivity contribution in [1.82, 2.24) is 9.03 Å². The highest BCUT2D eigenvalue weighted by molar-refractivity contribution is 7.89. The summed E-state index contributed by atoms with van der Waals surface area (Å²) in [7, 11) is -5.32. The van der Waals surface area contributed by atoms with E-state index in [0.29, 0.717) is 25.3 Å². The Kier molecular flexibility index (Phi) is 5.66. The largest absolute Gasteiger partial charge is 0.497 e. The minimum absolute atomic E-state index is 0.0218. The third kappa shape index (κ3) is 4.90. The van der Waals surface area contributed by atoms with Gasteiger partial charge in [0.2, 0.25) is 20.0 Å². The molecule has 7 nitrogen and oxygen atoms in total. The van der Waals surface area contributed by atoms with E-state index in [1.165, 1.54) is 23.5 Å². The first-order valence-corrected chi connectivity index (χ1v) is 10.6. The summed E-state index contributed by atoms with van der Waals surface area (Å²) >= 11 is 0. The molecule has 1 aliphatic heterocycles. The van der Waals surface area contributed by atoms with E-state index in [4.69, 9.17) is 4.74 Å². The van der Waals surface area contributed by atoms with Crippen molar-refractivity contribution in [2.45, 2.75) is 17.7 Å². The SMILES string of the molecule is COc1ccc(S(=O)(=O)N2CCC[C@@H](CNS(C)(=O)=O)C2)cc1. The number of nitrogens with zero attached hydrogens (tertiary/aromatic N) is 1. The van der Waals surface area contributed by atoms with Crippen LogP contribution in [0.4, 0.5) is 0 Å². The van der Waals surface area contributed by atoms with Gasteiger partial charge >= 0.3 is 0 Å². The second-order valence-electron chi connectivity index (χ2n) is 5.67. The maximum absolute atomic E-state index is 12.7. The molecule has 9 heteroatoms. The number of hydrogen-bond acceptors (Lipinski definition) is 5. The summed E-state index contributed by atoms with van der Waals surface area (Å²) in [5, 5.41) is 0. The van der Waals surface area contributed by atoms with E-state index in [-0.39, 0.29) is 17.4 Å². The lowest BCUT2D eigenvalue weighted by molar-refractivity contribution is 0.267. The number of rotatable bonds is 6. The van der Waals surface area contributed by atoms with Crippen LogP contribution in [0, 0.1) is 5.92 Å². The van der Waals surface area contributed by atoms with Crippen LogP contribution in [0.3, 0.4) is 0 Å². The Morgan fingerprint density at radius 2 is 1.87 bits per heavy atom. The standard InChI is InChI=1S/C14H22N2O5S2/c1-21-13-5-7-14(8-6-13)23(19,20)16-9-3-4-12(11-16)10-15-22(2,17)18/h5-8,12,15H,3-4,9-11H2,1-2H3/t12-/m0/s1. The van der Waals surface area contributed by atoms with E-state index in [0.717, 1.165) is 12.7 Å². The summed E-state index contributed by atoms with van der Waals surface area (Å²) in [6.07, 6.45) is 2.62.